The van der Waals surface area contributed by atoms with E-state index in [0.29, 0.717) is 62.9 Å². The van der Waals surface area contributed by atoms with Crippen LogP contribution in [0.25, 0.3) is 0 Å². The molecular formula is C27H34BrNO7S. The summed E-state index contributed by atoms with van der Waals surface area (Å²) in [7, 11) is 2.82. The third-order valence-corrected chi connectivity index (χ3v) is 7.95. The van der Waals surface area contributed by atoms with E-state index in [1.54, 1.807) is 31.9 Å². The highest BCUT2D eigenvalue weighted by molar-refractivity contribution is 9.10. The van der Waals surface area contributed by atoms with Crippen molar-refractivity contribution in [3.8, 4) is 11.5 Å². The minimum absolute atomic E-state index is 0.249. The fourth-order valence-electron chi connectivity index (χ4n) is 4.92. The summed E-state index contributed by atoms with van der Waals surface area (Å²) in [6.07, 6.45) is 0.458. The molecule has 8 nitrogen and oxygen atoms in total. The standard InChI is InChI=1S/C27H34BrNO7S/c1-7-35-19-13-16(12-17(28)25(19)33-5)22-21(27(32)36-9-10-37-8-2)15(4)29-18-11-14(3)20(26(31)34-6)24(30)23(18)22/h12-14,20,22,29H,7-11H2,1-6H3/t14-,20-,22-/m1/s1. The Bertz CT molecular complexity index is 1130. The maximum atomic E-state index is 13.9. The number of ether oxygens (including phenoxy) is 4. The zero-order valence-electron chi connectivity index (χ0n) is 22.1. The van der Waals surface area contributed by atoms with Gasteiger partial charge in [-0.05, 0) is 65.6 Å². The van der Waals surface area contributed by atoms with E-state index in [4.69, 9.17) is 18.9 Å². The van der Waals surface area contributed by atoms with Crippen molar-refractivity contribution in [1.29, 1.82) is 0 Å². The molecule has 1 aliphatic carbocycles. The lowest BCUT2D eigenvalue weighted by molar-refractivity contribution is -0.151. The number of rotatable bonds is 10. The highest BCUT2D eigenvalue weighted by Gasteiger charge is 2.47. The molecule has 0 radical (unpaired) electrons. The van der Waals surface area contributed by atoms with Crippen LogP contribution >= 0.6 is 27.7 Å². The van der Waals surface area contributed by atoms with E-state index in [1.165, 1.54) is 7.11 Å². The molecule has 0 spiro atoms. The third kappa shape index (κ3) is 6.00. The predicted octanol–water partition coefficient (Wildman–Crippen LogP) is 4.77. The van der Waals surface area contributed by atoms with Crippen molar-refractivity contribution in [2.75, 3.05) is 38.9 Å². The molecular weight excluding hydrogens is 562 g/mol. The van der Waals surface area contributed by atoms with Gasteiger partial charge in [0.05, 0.1) is 30.9 Å². The van der Waals surface area contributed by atoms with E-state index in [2.05, 4.69) is 21.2 Å². The Kier molecular flexibility index (Phi) is 10.1. The van der Waals surface area contributed by atoms with E-state index < -0.39 is 23.8 Å². The van der Waals surface area contributed by atoms with E-state index in [9.17, 15) is 14.4 Å². The van der Waals surface area contributed by atoms with Crippen LogP contribution in [0.3, 0.4) is 0 Å². The third-order valence-electron chi connectivity index (χ3n) is 6.50. The molecule has 1 aliphatic heterocycles. The van der Waals surface area contributed by atoms with Crippen molar-refractivity contribution in [2.45, 2.75) is 40.0 Å². The van der Waals surface area contributed by atoms with Gasteiger partial charge in [-0.25, -0.2) is 4.79 Å². The van der Waals surface area contributed by atoms with Gasteiger partial charge in [-0.2, -0.15) is 11.8 Å². The SMILES string of the molecule is CCOc1cc([C@@H]2C(C(=O)OCCSCC)=C(C)NC3=C2C(=O)[C@H](C(=O)OC)[C@H](C)C3)cc(Br)c1OC. The zero-order chi connectivity index (χ0) is 27.3. The number of carbonyl (C=O) groups excluding carboxylic acids is 3. The highest BCUT2D eigenvalue weighted by Crippen LogP contribution is 2.48. The van der Waals surface area contributed by atoms with Gasteiger partial charge in [0.25, 0.3) is 0 Å². The smallest absolute Gasteiger partial charge is 0.336 e. The van der Waals surface area contributed by atoms with Crippen LogP contribution in [-0.2, 0) is 23.9 Å². The summed E-state index contributed by atoms with van der Waals surface area (Å²) in [6.45, 7) is 8.20. The summed E-state index contributed by atoms with van der Waals surface area (Å²) in [5, 5.41) is 3.28. The Balaban J connectivity index is 2.19. The maximum Gasteiger partial charge on any atom is 0.336 e. The molecule has 1 aromatic rings. The fraction of sp³-hybridized carbons (Fsp3) is 0.519. The molecule has 3 rings (SSSR count). The molecule has 0 saturated heterocycles. The summed E-state index contributed by atoms with van der Waals surface area (Å²) >= 11 is 5.23. The lowest BCUT2D eigenvalue weighted by Crippen LogP contribution is -2.43. The first-order valence-electron chi connectivity index (χ1n) is 12.3. The molecule has 1 N–H and O–H groups in total. The molecule has 0 amide bonds. The largest absolute Gasteiger partial charge is 0.492 e. The van der Waals surface area contributed by atoms with Gasteiger partial charge in [0.2, 0.25) is 0 Å². The summed E-state index contributed by atoms with van der Waals surface area (Å²) < 4.78 is 22.6. The zero-order valence-corrected chi connectivity index (χ0v) is 24.5. The summed E-state index contributed by atoms with van der Waals surface area (Å²) in [5.41, 5.74) is 2.65. The number of thioether (sulfide) groups is 1. The molecule has 0 fully saturated rings. The molecule has 3 atom stereocenters. The Morgan fingerprint density at radius 3 is 2.57 bits per heavy atom. The van der Waals surface area contributed by atoms with E-state index >= 15 is 0 Å². The van der Waals surface area contributed by atoms with E-state index in [-0.39, 0.29) is 18.3 Å². The molecule has 37 heavy (non-hydrogen) atoms. The lowest BCUT2D eigenvalue weighted by atomic mass is 9.69. The number of esters is 2. The first kappa shape index (κ1) is 29.1. The summed E-state index contributed by atoms with van der Waals surface area (Å²) in [6, 6.07) is 3.59. The molecule has 202 valence electrons. The van der Waals surface area contributed by atoms with Crippen LogP contribution in [0.2, 0.25) is 0 Å². The normalized spacial score (nSPS) is 21.3. The first-order chi connectivity index (χ1) is 17.7. The van der Waals surface area contributed by atoms with Crippen molar-refractivity contribution in [3.63, 3.8) is 0 Å². The molecule has 0 unspecified atom stereocenters. The topological polar surface area (TPSA) is 100 Å². The van der Waals surface area contributed by atoms with Gasteiger partial charge >= 0.3 is 11.9 Å². The van der Waals surface area contributed by atoms with Gasteiger partial charge in [-0.3, -0.25) is 9.59 Å². The lowest BCUT2D eigenvalue weighted by Gasteiger charge is -2.38. The second-order valence-corrected chi connectivity index (χ2v) is 11.1. The number of carbonyl (C=O) groups is 3. The number of nitrogens with one attached hydrogen (secondary N) is 1. The van der Waals surface area contributed by atoms with Gasteiger partial charge in [-0.15, -0.1) is 0 Å². The minimum atomic E-state index is -0.960. The number of dihydropyridines is 1. The molecule has 0 aromatic heterocycles. The van der Waals surface area contributed by atoms with Crippen molar-refractivity contribution in [1.82, 2.24) is 5.32 Å². The highest BCUT2D eigenvalue weighted by atomic mass is 79.9. The van der Waals surface area contributed by atoms with Crippen molar-refractivity contribution >= 4 is 45.4 Å². The van der Waals surface area contributed by atoms with Crippen LogP contribution in [0, 0.1) is 11.8 Å². The number of hydrogen-bond donors (Lipinski definition) is 1. The average molecular weight is 597 g/mol. The Morgan fingerprint density at radius 1 is 1.22 bits per heavy atom. The maximum absolute atomic E-state index is 13.9. The van der Waals surface area contributed by atoms with Crippen LogP contribution < -0.4 is 14.8 Å². The number of benzene rings is 1. The molecule has 10 heteroatoms. The molecule has 1 heterocycles. The van der Waals surface area contributed by atoms with Crippen LogP contribution in [-0.4, -0.2) is 56.7 Å². The number of allylic oxidation sites excluding steroid dienone is 3. The minimum Gasteiger partial charge on any atom is -0.492 e. The molecule has 0 saturated carbocycles. The van der Waals surface area contributed by atoms with Gasteiger partial charge < -0.3 is 24.3 Å². The Hall–Kier alpha value is -2.46. The Morgan fingerprint density at radius 2 is 1.95 bits per heavy atom. The van der Waals surface area contributed by atoms with E-state index in [1.807, 2.05) is 26.8 Å². The summed E-state index contributed by atoms with van der Waals surface area (Å²) in [5.74, 6) is -0.875. The van der Waals surface area contributed by atoms with Gasteiger partial charge in [0, 0.05) is 28.6 Å². The van der Waals surface area contributed by atoms with Crippen LogP contribution in [0.5, 0.6) is 11.5 Å². The number of hydrogen-bond acceptors (Lipinski definition) is 9. The second kappa shape index (κ2) is 12.9. The Labute approximate surface area is 230 Å². The van der Waals surface area contributed by atoms with Gasteiger partial charge in [0.1, 0.15) is 12.5 Å². The molecule has 2 aliphatic rings. The number of Topliss-reactive ketones (excluding diaryl/α,β-unsaturated/α-hetero) is 1. The van der Waals surface area contributed by atoms with Crippen molar-refractivity contribution in [3.05, 3.63) is 44.7 Å². The quantitative estimate of drug-likeness (QED) is 0.233. The van der Waals surface area contributed by atoms with Crippen LogP contribution in [0.15, 0.2) is 39.1 Å². The van der Waals surface area contributed by atoms with Crippen molar-refractivity contribution in [2.24, 2.45) is 11.8 Å². The molecule has 1 aromatic carbocycles. The molecule has 0 bridgehead atoms. The monoisotopic (exact) mass is 595 g/mol. The predicted molar refractivity (Wildman–Crippen MR) is 146 cm³/mol. The van der Waals surface area contributed by atoms with Crippen LogP contribution in [0.4, 0.5) is 0 Å². The van der Waals surface area contributed by atoms with E-state index in [0.717, 1.165) is 5.75 Å². The first-order valence-corrected chi connectivity index (χ1v) is 14.2. The van der Waals surface area contributed by atoms with Crippen molar-refractivity contribution < 1.29 is 33.3 Å². The fourth-order valence-corrected chi connectivity index (χ4v) is 6.03. The van der Waals surface area contributed by atoms with Gasteiger partial charge in [-0.1, -0.05) is 13.8 Å². The average Bonchev–Trinajstić information content (AvgIpc) is 2.85. The second-order valence-electron chi connectivity index (χ2n) is 8.84. The number of ketones is 1. The summed E-state index contributed by atoms with van der Waals surface area (Å²) in [4.78, 5) is 40.0. The number of methoxy groups -OCH3 is 2. The van der Waals surface area contributed by atoms with Gasteiger partial charge in [0.15, 0.2) is 17.3 Å². The number of halogens is 1. The van der Waals surface area contributed by atoms with Crippen LogP contribution in [0.1, 0.15) is 45.6 Å².